The number of rotatable bonds is 5. The van der Waals surface area contributed by atoms with Gasteiger partial charge in [0.15, 0.2) is 0 Å². The predicted octanol–water partition coefficient (Wildman–Crippen LogP) is 3.94. The molecule has 8 nitrogen and oxygen atoms in total. The fraction of sp³-hybridized carbons (Fsp3) is 0.125. The average Bonchev–Trinajstić information content (AvgIpc) is 2.60. The first-order valence-electron chi connectivity index (χ1n) is 7.20. The van der Waals surface area contributed by atoms with Crippen molar-refractivity contribution in [3.05, 3.63) is 62.2 Å². The maximum atomic E-state index is 12.7. The minimum absolute atomic E-state index is 0.255. The number of methoxy groups -OCH3 is 1. The molecule has 2 aromatic rings. The van der Waals surface area contributed by atoms with Crippen molar-refractivity contribution >= 4 is 29.2 Å². The molecule has 28 heavy (non-hydrogen) atoms. The lowest BCUT2D eigenvalue weighted by Gasteiger charge is -2.13. The highest BCUT2D eigenvalue weighted by molar-refractivity contribution is 6.32. The predicted molar refractivity (Wildman–Crippen MR) is 89.5 cm³/mol. The lowest BCUT2D eigenvalue weighted by atomic mass is 10.1. The van der Waals surface area contributed by atoms with Crippen molar-refractivity contribution in [1.29, 1.82) is 0 Å². The van der Waals surface area contributed by atoms with Crippen LogP contribution in [0.1, 0.15) is 26.3 Å². The summed E-state index contributed by atoms with van der Waals surface area (Å²) in [6.07, 6.45) is -4.63. The summed E-state index contributed by atoms with van der Waals surface area (Å²) in [6.45, 7) is 0. The molecule has 0 aliphatic heterocycles. The van der Waals surface area contributed by atoms with Crippen molar-refractivity contribution in [1.82, 2.24) is 0 Å². The summed E-state index contributed by atoms with van der Waals surface area (Å²) in [4.78, 5) is 33.7. The van der Waals surface area contributed by atoms with Crippen LogP contribution in [0, 0.1) is 10.1 Å². The Kier molecular flexibility index (Phi) is 5.78. The van der Waals surface area contributed by atoms with Crippen LogP contribution >= 0.6 is 11.6 Å². The van der Waals surface area contributed by atoms with Gasteiger partial charge in [0.25, 0.3) is 11.6 Å². The van der Waals surface area contributed by atoms with Crippen LogP contribution in [0.2, 0.25) is 5.02 Å². The zero-order valence-corrected chi connectivity index (χ0v) is 14.6. The second-order valence-electron chi connectivity index (χ2n) is 5.22. The summed E-state index contributed by atoms with van der Waals surface area (Å²) in [5.41, 5.74) is 1.90. The number of amides is 1. The van der Waals surface area contributed by atoms with Gasteiger partial charge in [0.2, 0.25) is 0 Å². The molecule has 0 fully saturated rings. The fourth-order valence-electron chi connectivity index (χ4n) is 2.20. The summed E-state index contributed by atoms with van der Waals surface area (Å²) in [5, 5.41) is 10.8. The molecular weight excluding hydrogens is 409 g/mol. The van der Waals surface area contributed by atoms with Crippen molar-refractivity contribution < 1.29 is 37.2 Å². The second kappa shape index (κ2) is 7.72. The number of nitrogens with zero attached hydrogens (tertiary/aromatic N) is 1. The van der Waals surface area contributed by atoms with Gasteiger partial charge >= 0.3 is 12.1 Å². The molecule has 0 saturated heterocycles. The van der Waals surface area contributed by atoms with E-state index < -0.39 is 50.4 Å². The Morgan fingerprint density at radius 1 is 1.18 bits per heavy atom. The van der Waals surface area contributed by atoms with Gasteiger partial charge in [0.1, 0.15) is 22.6 Å². The van der Waals surface area contributed by atoms with Crippen molar-refractivity contribution in [2.75, 3.05) is 7.11 Å². The van der Waals surface area contributed by atoms with E-state index >= 15 is 0 Å². The molecule has 2 N–H and O–H groups in total. The number of ether oxygens (including phenoxy) is 2. The van der Waals surface area contributed by atoms with E-state index in [4.69, 9.17) is 22.1 Å². The zero-order chi connectivity index (χ0) is 21.2. The number of nitro groups is 1. The highest BCUT2D eigenvalue weighted by Crippen LogP contribution is 2.38. The van der Waals surface area contributed by atoms with E-state index in [-0.39, 0.29) is 11.5 Å². The SMILES string of the molecule is COC(=O)c1cc(Oc2ccc(C(F)(F)F)cc2Cl)cc(C(N)=O)c1[N+](=O)[O-]. The van der Waals surface area contributed by atoms with Crippen LogP contribution in [0.15, 0.2) is 30.3 Å². The number of halogens is 4. The van der Waals surface area contributed by atoms with Gasteiger partial charge in [0.05, 0.1) is 22.6 Å². The molecule has 1 amide bonds. The third-order valence-electron chi connectivity index (χ3n) is 3.42. The van der Waals surface area contributed by atoms with E-state index in [0.29, 0.717) is 12.1 Å². The summed E-state index contributed by atoms with van der Waals surface area (Å²) in [6, 6.07) is 3.96. The van der Waals surface area contributed by atoms with Crippen LogP contribution in [0.3, 0.4) is 0 Å². The van der Waals surface area contributed by atoms with Crippen LogP contribution < -0.4 is 10.5 Å². The molecule has 0 bridgehead atoms. The van der Waals surface area contributed by atoms with Crippen LogP contribution in [-0.2, 0) is 10.9 Å². The summed E-state index contributed by atoms with van der Waals surface area (Å²) in [5.74, 6) is -2.95. The van der Waals surface area contributed by atoms with Crippen LogP contribution in [0.5, 0.6) is 11.5 Å². The molecule has 0 aromatic heterocycles. The number of nitrogens with two attached hydrogens (primary N) is 1. The lowest BCUT2D eigenvalue weighted by Crippen LogP contribution is -2.17. The molecule has 148 valence electrons. The molecule has 0 radical (unpaired) electrons. The molecule has 2 rings (SSSR count). The summed E-state index contributed by atoms with van der Waals surface area (Å²) >= 11 is 5.78. The van der Waals surface area contributed by atoms with Crippen LogP contribution in [0.25, 0.3) is 0 Å². The monoisotopic (exact) mass is 418 g/mol. The average molecular weight is 419 g/mol. The van der Waals surface area contributed by atoms with Gasteiger partial charge in [-0.25, -0.2) is 4.79 Å². The normalized spacial score (nSPS) is 11.0. The van der Waals surface area contributed by atoms with Gasteiger partial charge in [-0.15, -0.1) is 0 Å². The third-order valence-corrected chi connectivity index (χ3v) is 3.72. The van der Waals surface area contributed by atoms with Gasteiger partial charge in [-0.2, -0.15) is 13.2 Å². The maximum absolute atomic E-state index is 12.7. The smallest absolute Gasteiger partial charge is 0.416 e. The number of nitro benzene ring substituents is 1. The van der Waals surface area contributed by atoms with E-state index in [2.05, 4.69) is 4.74 Å². The van der Waals surface area contributed by atoms with E-state index in [9.17, 15) is 32.9 Å². The Morgan fingerprint density at radius 3 is 2.25 bits per heavy atom. The maximum Gasteiger partial charge on any atom is 0.416 e. The molecule has 0 atom stereocenters. The molecular formula is C16H10ClF3N2O6. The molecule has 12 heteroatoms. The highest BCUT2D eigenvalue weighted by atomic mass is 35.5. The molecule has 0 spiro atoms. The standard InChI is InChI=1S/C16H10ClF3N2O6/c1-27-15(24)10-6-8(5-9(14(21)23)13(10)22(25)26)28-12-3-2-7(4-11(12)17)16(18,19)20/h2-6H,1H3,(H2,21,23). The van der Waals surface area contributed by atoms with E-state index in [1.807, 2.05) is 0 Å². The number of primary amides is 1. The van der Waals surface area contributed by atoms with Crippen molar-refractivity contribution in [3.63, 3.8) is 0 Å². The van der Waals surface area contributed by atoms with Gasteiger partial charge in [-0.1, -0.05) is 11.6 Å². The van der Waals surface area contributed by atoms with Gasteiger partial charge in [0, 0.05) is 12.1 Å². The zero-order valence-electron chi connectivity index (χ0n) is 13.9. The van der Waals surface area contributed by atoms with E-state index in [0.717, 1.165) is 25.3 Å². The summed E-state index contributed by atoms with van der Waals surface area (Å²) < 4.78 is 47.9. The number of alkyl halides is 3. The number of hydrogen-bond donors (Lipinski definition) is 1. The van der Waals surface area contributed by atoms with Crippen LogP contribution in [0.4, 0.5) is 18.9 Å². The Bertz CT molecular complexity index is 978. The van der Waals surface area contributed by atoms with Crippen LogP contribution in [-0.4, -0.2) is 23.9 Å². The fourth-order valence-corrected chi connectivity index (χ4v) is 2.42. The molecule has 0 saturated carbocycles. The number of benzene rings is 2. The van der Waals surface area contributed by atoms with Crippen molar-refractivity contribution in [2.45, 2.75) is 6.18 Å². The molecule has 2 aromatic carbocycles. The lowest BCUT2D eigenvalue weighted by molar-refractivity contribution is -0.385. The number of carbonyl (C=O) groups excluding carboxylic acids is 2. The minimum atomic E-state index is -4.63. The van der Waals surface area contributed by atoms with E-state index in [1.54, 1.807) is 0 Å². The molecule has 0 heterocycles. The van der Waals surface area contributed by atoms with Gasteiger partial charge in [-0.05, 0) is 18.2 Å². The Labute approximate surface area is 159 Å². The molecule has 0 aliphatic rings. The van der Waals surface area contributed by atoms with E-state index in [1.165, 1.54) is 0 Å². The van der Waals surface area contributed by atoms with Crippen molar-refractivity contribution in [2.24, 2.45) is 5.73 Å². The Morgan fingerprint density at radius 2 is 1.79 bits per heavy atom. The first-order chi connectivity index (χ1) is 13.0. The highest BCUT2D eigenvalue weighted by Gasteiger charge is 2.32. The molecule has 0 aliphatic carbocycles. The topological polar surface area (TPSA) is 122 Å². The Hall–Kier alpha value is -3.34. The van der Waals surface area contributed by atoms with Crippen molar-refractivity contribution in [3.8, 4) is 11.5 Å². The first-order valence-corrected chi connectivity index (χ1v) is 7.58. The quantitative estimate of drug-likeness (QED) is 0.445. The Balaban J connectivity index is 2.58. The first kappa shape index (κ1) is 21.0. The van der Waals surface area contributed by atoms with Gasteiger partial charge < -0.3 is 15.2 Å². The summed E-state index contributed by atoms with van der Waals surface area (Å²) in [7, 11) is 0.955. The number of esters is 1. The third kappa shape index (κ3) is 4.31. The largest absolute Gasteiger partial charge is 0.465 e. The number of carbonyl (C=O) groups is 2. The van der Waals surface area contributed by atoms with Gasteiger partial charge in [-0.3, -0.25) is 14.9 Å². The molecule has 0 unspecified atom stereocenters. The second-order valence-corrected chi connectivity index (χ2v) is 5.63. The minimum Gasteiger partial charge on any atom is -0.465 e. The number of hydrogen-bond acceptors (Lipinski definition) is 6.